The molecule has 0 spiro atoms. The van der Waals surface area contributed by atoms with Crippen molar-refractivity contribution in [2.75, 3.05) is 0 Å². The first-order valence-corrected chi connectivity index (χ1v) is 4.44. The van der Waals surface area contributed by atoms with Gasteiger partial charge in [-0.3, -0.25) is 0 Å². The topological polar surface area (TPSA) is 26.0 Å². The van der Waals surface area contributed by atoms with Crippen LogP contribution >= 0.6 is 0 Å². The summed E-state index contributed by atoms with van der Waals surface area (Å²) in [6.07, 6.45) is 0. The van der Waals surface area contributed by atoms with Gasteiger partial charge in [-0.1, -0.05) is 0 Å². The van der Waals surface area contributed by atoms with Gasteiger partial charge in [0, 0.05) is 0 Å². The van der Waals surface area contributed by atoms with E-state index in [1.165, 1.54) is 23.0 Å². The molecule has 0 aromatic heterocycles. The third kappa shape index (κ3) is 5.01. The molecule has 0 aliphatic rings. The molecule has 30 valence electrons. The van der Waals surface area contributed by atoms with Crippen LogP contribution < -0.4 is 5.73 Å². The molecule has 0 fully saturated rings. The molecule has 0 aliphatic heterocycles. The molecular weight excluding hydrogens is 239 g/mol. The third-order valence-electron chi connectivity index (χ3n) is 0.201. The number of hydrogen-bond acceptors (Lipinski definition) is 1. The van der Waals surface area contributed by atoms with Crippen LogP contribution in [0.1, 0.15) is 0 Å². The molecular formula is C2H6NSbSe. The van der Waals surface area contributed by atoms with Crippen molar-refractivity contribution in [1.29, 1.82) is 0 Å². The van der Waals surface area contributed by atoms with Crippen molar-refractivity contribution >= 4 is 43.1 Å². The molecule has 2 N–H and O–H groups in total. The van der Waals surface area contributed by atoms with Crippen LogP contribution in [0.4, 0.5) is 0 Å². The average molecular weight is 245 g/mol. The third-order valence-corrected chi connectivity index (χ3v) is 3.70. The Morgan fingerprint density at radius 2 is 2.20 bits per heavy atom. The Hall–Kier alpha value is 1.01. The maximum absolute atomic E-state index is 5.19. The minimum absolute atomic E-state index is 0.937. The van der Waals surface area contributed by atoms with Crippen LogP contribution in [0.25, 0.3) is 0 Å². The Morgan fingerprint density at radius 1 is 2.00 bits per heavy atom. The molecule has 0 bridgehead atoms. The molecule has 3 heteroatoms. The summed E-state index contributed by atoms with van der Waals surface area (Å²) < 4.78 is 2.01. The zero-order valence-corrected chi connectivity index (χ0v) is 7.78. The summed E-state index contributed by atoms with van der Waals surface area (Å²) in [6.45, 7) is 0. The Labute approximate surface area is 53.2 Å². The molecule has 0 aromatic rings. The fourth-order valence-electron chi connectivity index (χ4n) is 0. The van der Waals surface area contributed by atoms with Gasteiger partial charge in [-0.2, -0.15) is 0 Å². The van der Waals surface area contributed by atoms with Gasteiger partial charge in [0.2, 0.25) is 0 Å². The summed E-state index contributed by atoms with van der Waals surface area (Å²) in [6, 6.07) is 0. The zero-order valence-electron chi connectivity index (χ0n) is 2.77. The van der Waals surface area contributed by atoms with Crippen LogP contribution in [-0.2, 0) is 0 Å². The van der Waals surface area contributed by atoms with Crippen LogP contribution in [0.2, 0.25) is 4.37 Å². The van der Waals surface area contributed by atoms with E-state index in [0.717, 1.165) is 8.91 Å². The summed E-state index contributed by atoms with van der Waals surface area (Å²) in [5.74, 6) is 0. The van der Waals surface area contributed by atoms with Crippen LogP contribution in [0.3, 0.4) is 0 Å². The van der Waals surface area contributed by atoms with Gasteiger partial charge in [0.15, 0.2) is 0 Å². The molecule has 0 saturated carbocycles. The fraction of sp³-hybridized carbons (Fsp3) is 0.500. The summed E-state index contributed by atoms with van der Waals surface area (Å²) in [5.41, 5.74) is 5.19. The van der Waals surface area contributed by atoms with Crippen LogP contribution in [0.5, 0.6) is 0 Å². The molecule has 1 nitrogen and oxygen atoms in total. The molecule has 0 unspecified atom stereocenters. The van der Waals surface area contributed by atoms with Gasteiger partial charge >= 0.3 is 53.2 Å². The Morgan fingerprint density at radius 3 is 2.20 bits per heavy atom. The SMILES string of the molecule is NC(=[Se])[CH2][SbH2]. The summed E-state index contributed by atoms with van der Waals surface area (Å²) in [7, 11) is 0. The summed E-state index contributed by atoms with van der Waals surface area (Å²) >= 11 is 3.95. The Bertz CT molecular complexity index is 44.9. The standard InChI is InChI=1S/C2H4NSe.Sb.2H/c1-2(3)4;;;/h1H2,(H2,3,4);;;. The van der Waals surface area contributed by atoms with Crippen LogP contribution in [0, 0.1) is 0 Å². The molecule has 0 heterocycles. The van der Waals surface area contributed by atoms with Crippen molar-refractivity contribution in [3.63, 3.8) is 0 Å². The van der Waals surface area contributed by atoms with E-state index >= 15 is 0 Å². The van der Waals surface area contributed by atoms with Gasteiger partial charge in [0.25, 0.3) is 0 Å². The van der Waals surface area contributed by atoms with Gasteiger partial charge in [-0.25, -0.2) is 0 Å². The first-order chi connectivity index (χ1) is 2.27. The maximum atomic E-state index is 5.19. The van der Waals surface area contributed by atoms with Gasteiger partial charge in [0.05, 0.1) is 0 Å². The number of rotatable bonds is 1. The van der Waals surface area contributed by atoms with E-state index in [0.29, 0.717) is 0 Å². The second-order valence-corrected chi connectivity index (χ2v) is 2.94. The van der Waals surface area contributed by atoms with E-state index in [2.05, 4.69) is 15.6 Å². The van der Waals surface area contributed by atoms with Crippen molar-refractivity contribution in [3.8, 4) is 0 Å². The molecule has 0 atom stereocenters. The predicted molar refractivity (Wildman–Crippen MR) is 28.3 cm³/mol. The van der Waals surface area contributed by atoms with Crippen LogP contribution in [0.15, 0.2) is 0 Å². The zero-order chi connectivity index (χ0) is 4.28. The number of nitrogens with two attached hydrogens (primary N) is 1. The second-order valence-electron chi connectivity index (χ2n) is 0.670. The van der Waals surface area contributed by atoms with E-state index in [9.17, 15) is 0 Å². The van der Waals surface area contributed by atoms with Crippen molar-refractivity contribution in [3.05, 3.63) is 0 Å². The summed E-state index contributed by atoms with van der Waals surface area (Å²) in [5, 5.41) is 0. The monoisotopic (exact) mass is 245 g/mol. The Balaban J connectivity index is 2.85. The molecule has 0 amide bonds. The number of hydrogen-bond donors (Lipinski definition) is 1. The molecule has 0 saturated heterocycles. The Kier molecular flexibility index (Phi) is 3.85. The average Bonchev–Trinajstić information content (AvgIpc) is 1.38. The van der Waals surface area contributed by atoms with Gasteiger partial charge in [-0.05, 0) is 0 Å². The molecule has 5 heavy (non-hydrogen) atoms. The van der Waals surface area contributed by atoms with Crippen molar-refractivity contribution in [2.24, 2.45) is 5.73 Å². The van der Waals surface area contributed by atoms with Gasteiger partial charge in [0.1, 0.15) is 0 Å². The minimum atomic E-state index is 0.937. The van der Waals surface area contributed by atoms with E-state index < -0.39 is 0 Å². The predicted octanol–water partition coefficient (Wildman–Crippen LogP) is -1.71. The summed E-state index contributed by atoms with van der Waals surface area (Å²) in [4.78, 5) is 0. The van der Waals surface area contributed by atoms with Crippen molar-refractivity contribution in [1.82, 2.24) is 0 Å². The first kappa shape index (κ1) is 6.01. The first-order valence-electron chi connectivity index (χ1n) is 1.25. The van der Waals surface area contributed by atoms with Gasteiger partial charge in [-0.15, -0.1) is 0 Å². The molecule has 0 aliphatic carbocycles. The molecule has 0 radical (unpaired) electrons. The normalized spacial score (nSPS) is 7.40. The van der Waals surface area contributed by atoms with Crippen molar-refractivity contribution in [2.45, 2.75) is 4.37 Å². The van der Waals surface area contributed by atoms with E-state index in [-0.39, 0.29) is 0 Å². The fourth-order valence-corrected chi connectivity index (χ4v) is 0. The molecule has 0 aromatic carbocycles. The molecule has 0 rings (SSSR count). The van der Waals surface area contributed by atoms with E-state index in [4.69, 9.17) is 5.73 Å². The van der Waals surface area contributed by atoms with Gasteiger partial charge < -0.3 is 0 Å². The van der Waals surface area contributed by atoms with E-state index in [1.807, 2.05) is 0 Å². The quantitative estimate of drug-likeness (QED) is 0.547. The van der Waals surface area contributed by atoms with Crippen molar-refractivity contribution < 1.29 is 0 Å². The van der Waals surface area contributed by atoms with E-state index in [1.54, 1.807) is 0 Å². The second kappa shape index (κ2) is 3.21. The van der Waals surface area contributed by atoms with Crippen LogP contribution in [-0.4, -0.2) is 43.1 Å².